The second kappa shape index (κ2) is 20.3. The normalized spacial score (nSPS) is 17.6. The Kier molecular flexibility index (Phi) is 18.1. The van der Waals surface area contributed by atoms with Gasteiger partial charge >= 0.3 is 37.5 Å². The largest absolute Gasteiger partial charge is 0.640 e. The summed E-state index contributed by atoms with van der Waals surface area (Å²) in [6.45, 7) is 19.7. The third-order valence-corrected chi connectivity index (χ3v) is 10.1. The molecule has 2 aliphatic heterocycles. The molecule has 20 heteroatoms. The molecule has 0 aliphatic carbocycles. The van der Waals surface area contributed by atoms with Crippen LogP contribution in [-0.2, 0) is 23.3 Å². The van der Waals surface area contributed by atoms with Gasteiger partial charge in [-0.1, -0.05) is 44.0 Å². The van der Waals surface area contributed by atoms with Crippen molar-refractivity contribution in [3.63, 3.8) is 0 Å². The molecule has 0 amide bonds. The fourth-order valence-corrected chi connectivity index (χ4v) is 4.64. The minimum absolute atomic E-state index is 0.0273. The number of rotatable bonds is 8. The Morgan fingerprint density at radius 1 is 0.649 bits per heavy atom. The molecule has 0 saturated carbocycles. The van der Waals surface area contributed by atoms with Crippen LogP contribution in [0.4, 0.5) is 30.7 Å². The molecule has 0 spiro atoms. The minimum atomic E-state index is -4.60. The van der Waals surface area contributed by atoms with Gasteiger partial charge in [-0.3, -0.25) is 0 Å². The fourth-order valence-electron chi connectivity index (χ4n) is 4.03. The molecule has 2 fully saturated rings. The Bertz CT molecular complexity index is 1690. The van der Waals surface area contributed by atoms with E-state index >= 15 is 0 Å². The lowest BCUT2D eigenvalue weighted by atomic mass is 9.79. The number of hydrogen-bond donors (Lipinski definition) is 1. The summed E-state index contributed by atoms with van der Waals surface area (Å²) in [6, 6.07) is 16.0. The molecule has 2 heterocycles. The summed E-state index contributed by atoms with van der Waals surface area (Å²) < 4.78 is 125. The van der Waals surface area contributed by atoms with Crippen LogP contribution in [0.25, 0.3) is 0 Å². The van der Waals surface area contributed by atoms with E-state index in [0.29, 0.717) is 15.7 Å². The molecule has 3 aromatic rings. The molecule has 0 unspecified atom stereocenters. The van der Waals surface area contributed by atoms with Crippen LogP contribution in [0.1, 0.15) is 69.2 Å². The number of ether oxygens (including phenoxy) is 2. The van der Waals surface area contributed by atoms with E-state index in [1.807, 2.05) is 69.2 Å². The van der Waals surface area contributed by atoms with E-state index in [1.54, 1.807) is 52.3 Å². The quantitative estimate of drug-likeness (QED) is 0.103. The molecule has 2 saturated heterocycles. The van der Waals surface area contributed by atoms with Gasteiger partial charge in [-0.2, -0.15) is 30.7 Å². The first kappa shape index (κ1) is 50.8. The van der Waals surface area contributed by atoms with Crippen LogP contribution in [0.15, 0.2) is 93.8 Å². The van der Waals surface area contributed by atoms with Gasteiger partial charge in [0.25, 0.3) is 0 Å². The van der Waals surface area contributed by atoms with Crippen molar-refractivity contribution in [1.82, 2.24) is 0 Å². The number of halogens is 10. The number of benzene rings is 3. The average Bonchev–Trinajstić information content (AvgIpc) is 3.41. The van der Waals surface area contributed by atoms with E-state index < -0.39 is 48.7 Å². The van der Waals surface area contributed by atoms with Crippen LogP contribution in [0.2, 0.25) is 0 Å². The van der Waals surface area contributed by atoms with Gasteiger partial charge < -0.3 is 37.9 Å². The Balaban J connectivity index is 0.000000276. The van der Waals surface area contributed by atoms with E-state index in [0.717, 1.165) is 16.6 Å². The molecule has 8 nitrogen and oxygen atoms in total. The van der Waals surface area contributed by atoms with Gasteiger partial charge in [0.15, 0.2) is 0 Å². The molecule has 1 N–H and O–H groups in total. The molecular formula is C37H44B2Br3F7O8. The van der Waals surface area contributed by atoms with E-state index in [9.17, 15) is 30.7 Å². The number of alkyl halides is 5. The second-order valence-electron chi connectivity index (χ2n) is 14.6. The molecule has 5 rings (SSSR count). The SMILES string of the molecule is CC(C)OB1OC(C)(C)C(C)(C)O1.CC1(C)OB(c2ccc(OC(F)=C(F)F)cc2)OC1(C)C.FC(F)(Br)C(F)(F)Oc1ccc(Br)cc1.Oc1ccc(Br)cc1. The zero-order valence-electron chi connectivity index (χ0n) is 32.7. The maximum atomic E-state index is 12.7. The van der Waals surface area contributed by atoms with Gasteiger partial charge in [0, 0.05) is 31.0 Å². The Hall–Kier alpha value is -2.32. The van der Waals surface area contributed by atoms with Crippen LogP contribution in [0.5, 0.6) is 17.2 Å². The summed E-state index contributed by atoms with van der Waals surface area (Å²) in [6.07, 6.45) is -6.97. The third-order valence-electron chi connectivity index (χ3n) is 8.59. The molecule has 316 valence electrons. The number of aromatic hydroxyl groups is 1. The van der Waals surface area contributed by atoms with Crippen molar-refractivity contribution in [2.24, 2.45) is 0 Å². The zero-order chi connectivity index (χ0) is 43.8. The minimum Gasteiger partial charge on any atom is -0.508 e. The predicted molar refractivity (Wildman–Crippen MR) is 215 cm³/mol. The molecular weight excluding hydrogens is 967 g/mol. The van der Waals surface area contributed by atoms with Crippen molar-refractivity contribution >= 4 is 67.7 Å². The summed E-state index contributed by atoms with van der Waals surface area (Å²) >= 11 is 7.85. The summed E-state index contributed by atoms with van der Waals surface area (Å²) in [7, 11) is -1.09. The Morgan fingerprint density at radius 2 is 1.04 bits per heavy atom. The molecule has 0 bridgehead atoms. The monoisotopic (exact) mass is 1010 g/mol. The van der Waals surface area contributed by atoms with Gasteiger partial charge in [0.1, 0.15) is 17.2 Å². The summed E-state index contributed by atoms with van der Waals surface area (Å²) in [5.74, 6) is -0.0731. The number of phenols is 1. The van der Waals surface area contributed by atoms with Crippen molar-refractivity contribution in [2.75, 3.05) is 0 Å². The molecule has 2 aliphatic rings. The molecule has 3 aromatic carbocycles. The highest BCUT2D eigenvalue weighted by Crippen LogP contribution is 2.41. The van der Waals surface area contributed by atoms with Crippen LogP contribution >= 0.6 is 47.8 Å². The van der Waals surface area contributed by atoms with Crippen LogP contribution in [0.3, 0.4) is 0 Å². The van der Waals surface area contributed by atoms with E-state index in [2.05, 4.69) is 41.3 Å². The van der Waals surface area contributed by atoms with Crippen LogP contribution in [-0.4, -0.2) is 59.0 Å². The highest BCUT2D eigenvalue weighted by molar-refractivity contribution is 9.10. The lowest BCUT2D eigenvalue weighted by Gasteiger charge is -2.32. The van der Waals surface area contributed by atoms with E-state index in [1.165, 1.54) is 24.3 Å². The lowest BCUT2D eigenvalue weighted by molar-refractivity contribution is -0.266. The van der Waals surface area contributed by atoms with Crippen LogP contribution in [0, 0.1) is 0 Å². The van der Waals surface area contributed by atoms with Crippen molar-refractivity contribution in [2.45, 2.75) is 109 Å². The smallest absolute Gasteiger partial charge is 0.508 e. The Labute approximate surface area is 354 Å². The third kappa shape index (κ3) is 15.7. The number of phenolic OH excluding ortho intramolecular Hbond substituents is 1. The zero-order valence-corrected chi connectivity index (χ0v) is 37.5. The summed E-state index contributed by atoms with van der Waals surface area (Å²) in [5.41, 5.74) is -0.844. The molecule has 0 aromatic heterocycles. The van der Waals surface area contributed by atoms with Crippen molar-refractivity contribution < 1.29 is 68.6 Å². The van der Waals surface area contributed by atoms with E-state index in [-0.39, 0.29) is 28.8 Å². The second-order valence-corrected chi connectivity index (χ2v) is 17.4. The number of hydrogen-bond acceptors (Lipinski definition) is 8. The standard InChI is InChI=1S/C14H16BF3O3.C9H19BO3.C8H4Br2F4O.C6H5BrO/c1-13(2)14(3,4)21-15(20-13)9-5-7-10(8-6-9)19-12(18)11(16)17;1-7(2)11-10-12-8(3,4)9(5,6)13-10;9-5-1-3-6(4-2-5)15-8(13,14)7(10,11)12;7-5-1-3-6(8)4-2-5/h5-8H,1-4H3;7H,1-6H3;1-4H;1-4,8H. The van der Waals surface area contributed by atoms with Crippen molar-refractivity contribution in [3.05, 3.63) is 93.8 Å². The lowest BCUT2D eigenvalue weighted by Crippen LogP contribution is -2.41. The van der Waals surface area contributed by atoms with Crippen LogP contribution < -0.4 is 14.9 Å². The maximum Gasteiger partial charge on any atom is 0.640 e. The average molecular weight is 1010 g/mol. The topological polar surface area (TPSA) is 84.8 Å². The van der Waals surface area contributed by atoms with Crippen molar-refractivity contribution in [1.29, 1.82) is 0 Å². The van der Waals surface area contributed by atoms with Gasteiger partial charge in [-0.25, -0.2) is 0 Å². The van der Waals surface area contributed by atoms with Gasteiger partial charge in [0.2, 0.25) is 0 Å². The molecule has 0 atom stereocenters. The van der Waals surface area contributed by atoms with Gasteiger partial charge in [0.05, 0.1) is 22.4 Å². The summed E-state index contributed by atoms with van der Waals surface area (Å²) in [5, 5.41) is 8.74. The first-order chi connectivity index (χ1) is 25.9. The Morgan fingerprint density at radius 3 is 1.40 bits per heavy atom. The van der Waals surface area contributed by atoms with Gasteiger partial charge in [-0.05, 0) is 135 Å². The maximum absolute atomic E-state index is 12.7. The fraction of sp³-hybridized carbons (Fsp3) is 0.459. The predicted octanol–water partition coefficient (Wildman–Crippen LogP) is 12.0. The molecule has 57 heavy (non-hydrogen) atoms. The highest BCUT2D eigenvalue weighted by atomic mass is 79.9. The first-order valence-electron chi connectivity index (χ1n) is 17.1. The molecule has 0 radical (unpaired) electrons. The van der Waals surface area contributed by atoms with Crippen molar-refractivity contribution in [3.8, 4) is 17.2 Å². The highest BCUT2D eigenvalue weighted by Gasteiger charge is 2.58. The first-order valence-corrected chi connectivity index (χ1v) is 19.4. The van der Waals surface area contributed by atoms with Gasteiger partial charge in [-0.15, -0.1) is 0 Å². The van der Waals surface area contributed by atoms with E-state index in [4.69, 9.17) is 28.4 Å². The summed E-state index contributed by atoms with van der Waals surface area (Å²) in [4.78, 5) is -4.41.